The van der Waals surface area contributed by atoms with E-state index in [0.29, 0.717) is 5.92 Å². The molecule has 1 aromatic rings. The Morgan fingerprint density at radius 2 is 1.89 bits per heavy atom. The second kappa shape index (κ2) is 7.80. The van der Waals surface area contributed by atoms with E-state index >= 15 is 0 Å². The lowest BCUT2D eigenvalue weighted by molar-refractivity contribution is 0.0184. The highest BCUT2D eigenvalue weighted by Crippen LogP contribution is 2.34. The van der Waals surface area contributed by atoms with Crippen LogP contribution in [0.15, 0.2) is 24.3 Å². The van der Waals surface area contributed by atoms with Gasteiger partial charge >= 0.3 is 6.09 Å². The molecular formula is C22H31N3O2. The highest BCUT2D eigenvalue weighted by molar-refractivity contribution is 5.68. The molecule has 27 heavy (non-hydrogen) atoms. The van der Waals surface area contributed by atoms with Gasteiger partial charge in [-0.3, -0.25) is 0 Å². The fourth-order valence-corrected chi connectivity index (χ4v) is 3.78. The van der Waals surface area contributed by atoms with Crippen molar-refractivity contribution < 1.29 is 9.53 Å². The first-order valence-electron chi connectivity index (χ1n) is 10.0. The Hall–Kier alpha value is -2.22. The first-order chi connectivity index (χ1) is 12.8. The van der Waals surface area contributed by atoms with Crippen LogP contribution >= 0.6 is 0 Å². The van der Waals surface area contributed by atoms with Crippen LogP contribution in [0, 0.1) is 17.2 Å². The molecule has 0 unspecified atom stereocenters. The van der Waals surface area contributed by atoms with Crippen LogP contribution in [0.2, 0.25) is 0 Å². The number of likely N-dealkylation sites (tertiary alicyclic amines) is 1. The van der Waals surface area contributed by atoms with Gasteiger partial charge in [-0.2, -0.15) is 5.26 Å². The summed E-state index contributed by atoms with van der Waals surface area (Å²) >= 11 is 0. The van der Waals surface area contributed by atoms with Crippen LogP contribution in [0.4, 0.5) is 10.5 Å². The number of anilines is 1. The molecule has 1 N–H and O–H groups in total. The first-order valence-corrected chi connectivity index (χ1v) is 10.0. The van der Waals surface area contributed by atoms with Crippen molar-refractivity contribution >= 4 is 11.8 Å². The SMILES string of the molecule is CC(C)(C)OC(=O)N1CCC(Cc2ccc(NC3(C#N)CCC3)cc2)CC1. The van der Waals surface area contributed by atoms with Gasteiger partial charge in [0.05, 0.1) is 6.07 Å². The minimum Gasteiger partial charge on any atom is -0.444 e. The maximum absolute atomic E-state index is 12.2. The van der Waals surface area contributed by atoms with Gasteiger partial charge in [-0.15, -0.1) is 0 Å². The molecule has 1 saturated carbocycles. The summed E-state index contributed by atoms with van der Waals surface area (Å²) in [5.41, 5.74) is 1.55. The molecule has 1 aliphatic carbocycles. The molecule has 5 heteroatoms. The van der Waals surface area contributed by atoms with E-state index in [9.17, 15) is 10.1 Å². The Labute approximate surface area is 162 Å². The zero-order valence-corrected chi connectivity index (χ0v) is 16.8. The molecule has 1 aromatic carbocycles. The van der Waals surface area contributed by atoms with E-state index in [1.165, 1.54) is 5.56 Å². The summed E-state index contributed by atoms with van der Waals surface area (Å²) in [4.78, 5) is 14.0. The van der Waals surface area contributed by atoms with Crippen molar-refractivity contribution in [1.29, 1.82) is 5.26 Å². The van der Waals surface area contributed by atoms with Crippen LogP contribution in [0.1, 0.15) is 58.4 Å². The van der Waals surface area contributed by atoms with E-state index in [2.05, 4.69) is 35.7 Å². The third kappa shape index (κ3) is 5.15. The van der Waals surface area contributed by atoms with Gasteiger partial charge in [0.25, 0.3) is 0 Å². The van der Waals surface area contributed by atoms with Gasteiger partial charge in [0, 0.05) is 18.8 Å². The molecule has 0 spiro atoms. The maximum Gasteiger partial charge on any atom is 0.410 e. The lowest BCUT2D eigenvalue weighted by Gasteiger charge is -2.36. The molecule has 0 atom stereocenters. The van der Waals surface area contributed by atoms with Gasteiger partial charge in [-0.1, -0.05) is 12.1 Å². The molecule has 1 heterocycles. The Morgan fingerprint density at radius 1 is 1.26 bits per heavy atom. The summed E-state index contributed by atoms with van der Waals surface area (Å²) in [7, 11) is 0. The Kier molecular flexibility index (Phi) is 5.64. The summed E-state index contributed by atoms with van der Waals surface area (Å²) in [6.45, 7) is 7.24. The van der Waals surface area contributed by atoms with Gasteiger partial charge in [0.2, 0.25) is 0 Å². The average molecular weight is 370 g/mol. The Morgan fingerprint density at radius 3 is 2.37 bits per heavy atom. The number of ether oxygens (including phenoxy) is 1. The van der Waals surface area contributed by atoms with Gasteiger partial charge in [0.1, 0.15) is 11.1 Å². The lowest BCUT2D eigenvalue weighted by Crippen LogP contribution is -2.43. The molecule has 1 amide bonds. The predicted molar refractivity (Wildman–Crippen MR) is 106 cm³/mol. The lowest BCUT2D eigenvalue weighted by atomic mass is 9.78. The summed E-state index contributed by atoms with van der Waals surface area (Å²) < 4.78 is 5.46. The van der Waals surface area contributed by atoms with Crippen molar-refractivity contribution in [3.05, 3.63) is 29.8 Å². The summed E-state index contributed by atoms with van der Waals surface area (Å²) in [5, 5.41) is 12.7. The molecule has 2 fully saturated rings. The number of rotatable bonds is 4. The van der Waals surface area contributed by atoms with Crippen LogP contribution in [-0.2, 0) is 11.2 Å². The van der Waals surface area contributed by atoms with Crippen molar-refractivity contribution in [2.45, 2.75) is 70.4 Å². The van der Waals surface area contributed by atoms with Crippen LogP contribution in [0.5, 0.6) is 0 Å². The van der Waals surface area contributed by atoms with Crippen LogP contribution in [-0.4, -0.2) is 35.2 Å². The zero-order chi connectivity index (χ0) is 19.5. The zero-order valence-electron chi connectivity index (χ0n) is 16.8. The van der Waals surface area contributed by atoms with Crippen LogP contribution in [0.3, 0.4) is 0 Å². The third-order valence-electron chi connectivity index (χ3n) is 5.55. The highest BCUT2D eigenvalue weighted by Gasteiger charge is 2.37. The normalized spacial score (nSPS) is 19.7. The number of nitrogens with one attached hydrogen (secondary N) is 1. The molecule has 1 aliphatic heterocycles. The topological polar surface area (TPSA) is 65.4 Å². The molecule has 1 saturated heterocycles. The largest absolute Gasteiger partial charge is 0.444 e. The molecular weight excluding hydrogens is 338 g/mol. The fourth-order valence-electron chi connectivity index (χ4n) is 3.78. The molecule has 146 valence electrons. The number of carbonyl (C=O) groups is 1. The number of nitriles is 1. The number of piperidine rings is 1. The summed E-state index contributed by atoms with van der Waals surface area (Å²) in [6, 6.07) is 10.9. The average Bonchev–Trinajstić information content (AvgIpc) is 2.59. The maximum atomic E-state index is 12.2. The van der Waals surface area contributed by atoms with Gasteiger partial charge in [-0.05, 0) is 82.9 Å². The van der Waals surface area contributed by atoms with Crippen molar-refractivity contribution in [2.24, 2.45) is 5.92 Å². The number of benzene rings is 1. The Balaban J connectivity index is 1.46. The molecule has 3 rings (SSSR count). The number of nitrogens with zero attached hydrogens (tertiary/aromatic N) is 2. The molecule has 0 bridgehead atoms. The van der Waals surface area contributed by atoms with Crippen molar-refractivity contribution in [3.8, 4) is 6.07 Å². The van der Waals surface area contributed by atoms with Crippen molar-refractivity contribution in [1.82, 2.24) is 4.90 Å². The van der Waals surface area contributed by atoms with Crippen LogP contribution < -0.4 is 5.32 Å². The monoisotopic (exact) mass is 369 g/mol. The van der Waals surface area contributed by atoms with E-state index < -0.39 is 5.60 Å². The van der Waals surface area contributed by atoms with Gasteiger partial charge in [-0.25, -0.2) is 4.79 Å². The standard InChI is InChI=1S/C22H31N3O2/c1-21(2,3)27-20(26)25-13-9-18(10-14-25)15-17-5-7-19(8-6-17)24-22(16-23)11-4-12-22/h5-8,18,24H,4,9-15H2,1-3H3. The van der Waals surface area contributed by atoms with E-state index in [0.717, 1.165) is 57.3 Å². The third-order valence-corrected chi connectivity index (χ3v) is 5.55. The van der Waals surface area contributed by atoms with E-state index in [-0.39, 0.29) is 11.6 Å². The van der Waals surface area contributed by atoms with E-state index in [1.54, 1.807) is 0 Å². The quantitative estimate of drug-likeness (QED) is 0.833. The van der Waals surface area contributed by atoms with Crippen LogP contribution in [0.25, 0.3) is 0 Å². The second-order valence-corrected chi connectivity index (χ2v) is 8.98. The molecule has 5 nitrogen and oxygen atoms in total. The predicted octanol–water partition coefficient (Wildman–Crippen LogP) is 4.73. The van der Waals surface area contributed by atoms with E-state index in [4.69, 9.17) is 4.74 Å². The van der Waals surface area contributed by atoms with Crippen molar-refractivity contribution in [3.63, 3.8) is 0 Å². The summed E-state index contributed by atoms with van der Waals surface area (Å²) in [6.07, 6.45) is 5.85. The first kappa shape index (κ1) is 19.5. The van der Waals surface area contributed by atoms with Gasteiger partial charge in [0.15, 0.2) is 0 Å². The Bertz CT molecular complexity index is 688. The van der Waals surface area contributed by atoms with Gasteiger partial charge < -0.3 is 15.0 Å². The number of amides is 1. The number of hydrogen-bond acceptors (Lipinski definition) is 4. The minimum absolute atomic E-state index is 0.196. The molecule has 0 aromatic heterocycles. The highest BCUT2D eigenvalue weighted by atomic mass is 16.6. The number of carbonyl (C=O) groups excluding carboxylic acids is 1. The van der Waals surface area contributed by atoms with Crippen molar-refractivity contribution in [2.75, 3.05) is 18.4 Å². The fraction of sp³-hybridized carbons (Fsp3) is 0.636. The number of hydrogen-bond donors (Lipinski definition) is 1. The molecule has 0 radical (unpaired) electrons. The van der Waals surface area contributed by atoms with E-state index in [1.807, 2.05) is 25.7 Å². The smallest absolute Gasteiger partial charge is 0.410 e. The summed E-state index contributed by atoms with van der Waals surface area (Å²) in [5.74, 6) is 0.597. The molecule has 2 aliphatic rings. The second-order valence-electron chi connectivity index (χ2n) is 8.98. The minimum atomic E-state index is -0.437.